The molecule has 2 saturated heterocycles. The fourth-order valence-corrected chi connectivity index (χ4v) is 2.56. The number of fused-ring (bicyclic) bond motifs is 2. The van der Waals surface area contributed by atoms with Gasteiger partial charge in [0.05, 0.1) is 39.3 Å². The number of hydrogen-bond donors (Lipinski definition) is 0. The zero-order chi connectivity index (χ0) is 8.77. The molecule has 0 radical (unpaired) electrons. The van der Waals surface area contributed by atoms with Gasteiger partial charge >= 0.3 is 0 Å². The Bertz CT molecular complexity index is 217. The largest absolute Gasteiger partial charge is 0.328 e. The summed E-state index contributed by atoms with van der Waals surface area (Å²) in [7, 11) is 2.30. The van der Waals surface area contributed by atoms with Crippen molar-refractivity contribution in [2.75, 3.05) is 33.2 Å². The van der Waals surface area contributed by atoms with Crippen LogP contribution >= 0.6 is 0 Å². The van der Waals surface area contributed by atoms with Gasteiger partial charge in [-0.3, -0.25) is 4.79 Å². The topological polar surface area (TPSA) is 20.3 Å². The van der Waals surface area contributed by atoms with Gasteiger partial charge in [-0.25, -0.2) is 0 Å². The van der Waals surface area contributed by atoms with Gasteiger partial charge in [0, 0.05) is 13.3 Å². The van der Waals surface area contributed by atoms with Crippen molar-refractivity contribution in [2.24, 2.45) is 0 Å². The first-order valence-electron chi connectivity index (χ1n) is 4.71. The van der Waals surface area contributed by atoms with Crippen LogP contribution in [0, 0.1) is 0 Å². The van der Waals surface area contributed by atoms with Gasteiger partial charge in [0.15, 0.2) is 0 Å². The van der Waals surface area contributed by atoms with Crippen LogP contribution in [0.1, 0.15) is 13.3 Å². The van der Waals surface area contributed by atoms with E-state index in [9.17, 15) is 4.79 Å². The minimum Gasteiger partial charge on any atom is -0.328 e. The van der Waals surface area contributed by atoms with Crippen LogP contribution in [-0.4, -0.2) is 54.6 Å². The Labute approximate surface area is 73.5 Å². The Kier molecular flexibility index (Phi) is 1.65. The van der Waals surface area contributed by atoms with Gasteiger partial charge < -0.3 is 9.38 Å². The third kappa shape index (κ3) is 1.12. The van der Waals surface area contributed by atoms with E-state index in [1.165, 1.54) is 24.0 Å². The fourth-order valence-electron chi connectivity index (χ4n) is 2.56. The van der Waals surface area contributed by atoms with Crippen LogP contribution < -0.4 is 0 Å². The normalized spacial score (nSPS) is 40.2. The van der Waals surface area contributed by atoms with Gasteiger partial charge in [-0.1, -0.05) is 0 Å². The second-order valence-electron chi connectivity index (χ2n) is 4.40. The van der Waals surface area contributed by atoms with Crippen LogP contribution in [0.15, 0.2) is 0 Å². The molecular weight excluding hydrogens is 152 g/mol. The fraction of sp³-hybridized carbons (Fsp3) is 0.889. The summed E-state index contributed by atoms with van der Waals surface area (Å²) in [6.45, 7) is 6.24. The lowest BCUT2D eigenvalue weighted by Crippen LogP contribution is -2.56. The van der Waals surface area contributed by atoms with E-state index < -0.39 is 0 Å². The summed E-state index contributed by atoms with van der Waals surface area (Å²) >= 11 is 0. The maximum atomic E-state index is 11.2. The molecule has 0 aromatic heterocycles. The number of quaternary nitrogens is 1. The van der Waals surface area contributed by atoms with Gasteiger partial charge in [-0.2, -0.15) is 0 Å². The lowest BCUT2D eigenvalue weighted by Gasteiger charge is -2.38. The molecule has 2 aliphatic rings. The second-order valence-corrected chi connectivity index (χ2v) is 4.40. The zero-order valence-corrected chi connectivity index (χ0v) is 7.92. The van der Waals surface area contributed by atoms with Crippen molar-refractivity contribution >= 4 is 5.91 Å². The number of amides is 1. The molecule has 3 nitrogen and oxygen atoms in total. The average Bonchev–Trinajstić information content (AvgIpc) is 2.27. The standard InChI is InChI=1S/C9H17N2O/c1-8(12)10-4-6-11(2)5-3-9(10)7-11/h9H,3-7H2,1-2H3/q+1. The maximum absolute atomic E-state index is 11.2. The average molecular weight is 169 g/mol. The molecule has 2 aliphatic heterocycles. The van der Waals surface area contributed by atoms with Crippen molar-refractivity contribution in [3.05, 3.63) is 0 Å². The molecule has 1 amide bonds. The zero-order valence-electron chi connectivity index (χ0n) is 7.92. The van der Waals surface area contributed by atoms with Crippen LogP contribution in [-0.2, 0) is 4.79 Å². The van der Waals surface area contributed by atoms with E-state index in [2.05, 4.69) is 7.05 Å². The minimum absolute atomic E-state index is 0.258. The molecule has 0 spiro atoms. The summed E-state index contributed by atoms with van der Waals surface area (Å²) in [5.74, 6) is 0.258. The van der Waals surface area contributed by atoms with E-state index in [1.807, 2.05) is 4.90 Å². The van der Waals surface area contributed by atoms with E-state index >= 15 is 0 Å². The Morgan fingerprint density at radius 3 is 2.92 bits per heavy atom. The number of rotatable bonds is 0. The van der Waals surface area contributed by atoms with Crippen LogP contribution in [0.3, 0.4) is 0 Å². The Balaban J connectivity index is 2.11. The first-order chi connectivity index (χ1) is 5.61. The number of carbonyl (C=O) groups excluding carboxylic acids is 1. The number of piperazine rings is 1. The molecule has 3 heteroatoms. The third-order valence-electron chi connectivity index (χ3n) is 3.38. The third-order valence-corrected chi connectivity index (χ3v) is 3.38. The summed E-state index contributed by atoms with van der Waals surface area (Å²) in [6, 6.07) is 0.543. The molecule has 2 bridgehead atoms. The van der Waals surface area contributed by atoms with Crippen LogP contribution in [0.25, 0.3) is 0 Å². The highest BCUT2D eigenvalue weighted by molar-refractivity contribution is 5.73. The van der Waals surface area contributed by atoms with Gasteiger partial charge in [-0.15, -0.1) is 0 Å². The van der Waals surface area contributed by atoms with Crippen LogP contribution in [0.4, 0.5) is 0 Å². The summed E-state index contributed by atoms with van der Waals surface area (Å²) in [4.78, 5) is 13.3. The molecule has 0 N–H and O–H groups in total. The van der Waals surface area contributed by atoms with Crippen LogP contribution in [0.5, 0.6) is 0 Å². The highest BCUT2D eigenvalue weighted by Gasteiger charge is 2.43. The second kappa shape index (κ2) is 2.46. The van der Waals surface area contributed by atoms with Crippen molar-refractivity contribution in [3.8, 4) is 0 Å². The maximum Gasteiger partial charge on any atom is 0.220 e. The van der Waals surface area contributed by atoms with E-state index in [0.717, 1.165) is 13.1 Å². The Morgan fingerprint density at radius 1 is 1.50 bits per heavy atom. The van der Waals surface area contributed by atoms with Crippen molar-refractivity contribution in [2.45, 2.75) is 19.4 Å². The monoisotopic (exact) mass is 169 g/mol. The lowest BCUT2D eigenvalue weighted by molar-refractivity contribution is -0.901. The van der Waals surface area contributed by atoms with E-state index in [4.69, 9.17) is 0 Å². The molecule has 0 aliphatic carbocycles. The molecule has 2 heterocycles. The summed E-state index contributed by atoms with van der Waals surface area (Å²) in [6.07, 6.45) is 1.20. The molecule has 2 rings (SSSR count). The molecule has 0 aromatic carbocycles. The van der Waals surface area contributed by atoms with Gasteiger partial charge in [0.1, 0.15) is 0 Å². The highest BCUT2D eigenvalue weighted by Crippen LogP contribution is 2.26. The molecule has 2 atom stereocenters. The van der Waals surface area contributed by atoms with Crippen LogP contribution in [0.2, 0.25) is 0 Å². The molecule has 0 aromatic rings. The molecule has 2 unspecified atom stereocenters. The van der Waals surface area contributed by atoms with E-state index in [0.29, 0.717) is 6.04 Å². The highest BCUT2D eigenvalue weighted by atomic mass is 16.2. The van der Waals surface area contributed by atoms with Crippen molar-refractivity contribution < 1.29 is 9.28 Å². The van der Waals surface area contributed by atoms with Gasteiger partial charge in [0.25, 0.3) is 0 Å². The predicted molar refractivity (Wildman–Crippen MR) is 46.6 cm³/mol. The van der Waals surface area contributed by atoms with Crippen molar-refractivity contribution in [3.63, 3.8) is 0 Å². The quantitative estimate of drug-likeness (QED) is 0.470. The SMILES string of the molecule is CC(=O)N1CC[N+]2(C)CCC1C2. The molecule has 12 heavy (non-hydrogen) atoms. The van der Waals surface area contributed by atoms with Crippen molar-refractivity contribution in [1.29, 1.82) is 0 Å². The lowest BCUT2D eigenvalue weighted by atomic mass is 10.2. The van der Waals surface area contributed by atoms with Gasteiger partial charge in [-0.05, 0) is 0 Å². The minimum atomic E-state index is 0.258. The van der Waals surface area contributed by atoms with Crippen molar-refractivity contribution in [1.82, 2.24) is 4.90 Å². The molecular formula is C9H17N2O+. The molecule has 68 valence electrons. The summed E-state index contributed by atoms with van der Waals surface area (Å²) in [5, 5.41) is 0. The van der Waals surface area contributed by atoms with E-state index in [-0.39, 0.29) is 5.91 Å². The Morgan fingerprint density at radius 2 is 2.25 bits per heavy atom. The smallest absolute Gasteiger partial charge is 0.220 e. The number of nitrogens with zero attached hydrogens (tertiary/aromatic N) is 2. The number of hydrogen-bond acceptors (Lipinski definition) is 1. The Hall–Kier alpha value is -0.570. The number of likely N-dealkylation sites (N-methyl/N-ethyl adjacent to an activating group) is 1. The first-order valence-corrected chi connectivity index (χ1v) is 4.71. The van der Waals surface area contributed by atoms with Gasteiger partial charge in [0.2, 0.25) is 5.91 Å². The predicted octanol–water partition coefficient (Wildman–Crippen LogP) is 0.0674. The van der Waals surface area contributed by atoms with E-state index in [1.54, 1.807) is 6.92 Å². The molecule has 2 fully saturated rings. The summed E-state index contributed by atoms with van der Waals surface area (Å²) < 4.78 is 1.19. The molecule has 0 saturated carbocycles. The first kappa shape index (κ1) is 8.05. The summed E-state index contributed by atoms with van der Waals surface area (Å²) in [5.41, 5.74) is 0. The number of carbonyl (C=O) groups is 1.